The van der Waals surface area contributed by atoms with E-state index in [1.54, 1.807) is 30.4 Å². The molecule has 0 heterocycles. The van der Waals surface area contributed by atoms with Crippen LogP contribution < -0.4 is 0 Å². The quantitative estimate of drug-likeness (QED) is 0.661. The van der Waals surface area contributed by atoms with Crippen LogP contribution in [0.25, 0.3) is 0 Å². The molecule has 0 unspecified atom stereocenters. The Balaban J connectivity index is 2.79. The van der Waals surface area contributed by atoms with Crippen LogP contribution in [0.15, 0.2) is 24.3 Å². The van der Waals surface area contributed by atoms with Crippen LogP contribution in [0.3, 0.4) is 0 Å². The van der Waals surface area contributed by atoms with Crippen LogP contribution >= 0.6 is 0 Å². The fraction of sp³-hybridized carbons (Fsp3) is 0.100. The Kier molecular flexibility index (Phi) is 2.93. The lowest BCUT2D eigenvalue weighted by atomic mass is 10.1. The first-order chi connectivity index (χ1) is 6.22. The molecule has 66 valence electrons. The van der Waals surface area contributed by atoms with Gasteiger partial charge in [0, 0.05) is 5.56 Å². The molecule has 0 saturated carbocycles. The highest BCUT2D eigenvalue weighted by Gasteiger charge is 1.98. The summed E-state index contributed by atoms with van der Waals surface area (Å²) >= 11 is 0. The number of aliphatic carboxylic acids is 1. The number of carbonyl (C=O) groups is 1. The summed E-state index contributed by atoms with van der Waals surface area (Å²) < 4.78 is 0. The fourth-order valence-corrected chi connectivity index (χ4v) is 0.945. The molecule has 1 rings (SSSR count). The minimum absolute atomic E-state index is 0.00678. The third-order valence-electron chi connectivity index (χ3n) is 1.51. The molecule has 0 bridgehead atoms. The highest BCUT2D eigenvalue weighted by atomic mass is 16.4. The number of hydrogen-bond acceptors (Lipinski definition) is 2. The normalized spacial score (nSPS) is 8.62. The van der Waals surface area contributed by atoms with Crippen LogP contribution in [-0.2, 0) is 11.2 Å². The molecule has 0 aromatic heterocycles. The largest absolute Gasteiger partial charge is 0.481 e. The molecule has 0 fully saturated rings. The van der Waals surface area contributed by atoms with Crippen molar-refractivity contribution >= 4 is 5.97 Å². The molecule has 0 aliphatic carbocycles. The SMILES string of the molecule is O=C(O)Cc1ccc(C#CO)cc1. The second-order valence-corrected chi connectivity index (χ2v) is 2.50. The van der Waals surface area contributed by atoms with Crippen molar-refractivity contribution in [1.82, 2.24) is 0 Å². The lowest BCUT2D eigenvalue weighted by molar-refractivity contribution is -0.136. The highest BCUT2D eigenvalue weighted by molar-refractivity contribution is 5.70. The smallest absolute Gasteiger partial charge is 0.307 e. The van der Waals surface area contributed by atoms with Gasteiger partial charge in [-0.05, 0) is 23.6 Å². The Hall–Kier alpha value is -1.95. The first kappa shape index (κ1) is 9.14. The Morgan fingerprint density at radius 3 is 2.38 bits per heavy atom. The molecule has 1 aromatic carbocycles. The van der Waals surface area contributed by atoms with Crippen molar-refractivity contribution in [2.45, 2.75) is 6.42 Å². The van der Waals surface area contributed by atoms with E-state index in [2.05, 4.69) is 5.92 Å². The number of hydrogen-bond donors (Lipinski definition) is 2. The van der Waals surface area contributed by atoms with Gasteiger partial charge in [0.2, 0.25) is 0 Å². The zero-order valence-electron chi connectivity index (χ0n) is 6.82. The molecule has 0 spiro atoms. The molecule has 0 atom stereocenters. The van der Waals surface area contributed by atoms with Crippen LogP contribution in [0, 0.1) is 12.0 Å². The summed E-state index contributed by atoms with van der Waals surface area (Å²) in [6, 6.07) is 6.69. The second kappa shape index (κ2) is 4.17. The molecular weight excluding hydrogens is 168 g/mol. The van der Waals surface area contributed by atoms with Gasteiger partial charge in [-0.25, -0.2) is 0 Å². The van der Waals surface area contributed by atoms with E-state index in [0.717, 1.165) is 5.56 Å². The van der Waals surface area contributed by atoms with Crippen molar-refractivity contribution in [2.75, 3.05) is 0 Å². The first-order valence-corrected chi connectivity index (χ1v) is 3.68. The van der Waals surface area contributed by atoms with Crippen LogP contribution in [0.5, 0.6) is 0 Å². The molecule has 2 N–H and O–H groups in total. The highest BCUT2D eigenvalue weighted by Crippen LogP contribution is 2.03. The molecule has 1 aromatic rings. The maximum atomic E-state index is 10.3. The summed E-state index contributed by atoms with van der Waals surface area (Å²) in [7, 11) is 0. The van der Waals surface area contributed by atoms with E-state index in [4.69, 9.17) is 10.2 Å². The summed E-state index contributed by atoms with van der Waals surface area (Å²) in [6.45, 7) is 0. The van der Waals surface area contributed by atoms with Gasteiger partial charge in [-0.2, -0.15) is 0 Å². The van der Waals surface area contributed by atoms with Crippen molar-refractivity contribution in [3.63, 3.8) is 0 Å². The second-order valence-electron chi connectivity index (χ2n) is 2.50. The Morgan fingerprint density at radius 1 is 1.31 bits per heavy atom. The van der Waals surface area contributed by atoms with Gasteiger partial charge in [-0.15, -0.1) is 0 Å². The van der Waals surface area contributed by atoms with Gasteiger partial charge in [-0.1, -0.05) is 12.1 Å². The maximum absolute atomic E-state index is 10.3. The monoisotopic (exact) mass is 176 g/mol. The molecular formula is C10H8O3. The molecule has 0 amide bonds. The van der Waals surface area contributed by atoms with E-state index >= 15 is 0 Å². The van der Waals surface area contributed by atoms with Gasteiger partial charge in [-0.3, -0.25) is 4.79 Å². The van der Waals surface area contributed by atoms with E-state index in [-0.39, 0.29) is 6.42 Å². The summed E-state index contributed by atoms with van der Waals surface area (Å²) in [5, 5.41) is 16.8. The van der Waals surface area contributed by atoms with Crippen LogP contribution in [-0.4, -0.2) is 16.2 Å². The average Bonchev–Trinajstić information content (AvgIpc) is 2.08. The molecule has 0 aliphatic heterocycles. The number of aliphatic hydroxyl groups excluding tert-OH is 1. The van der Waals surface area contributed by atoms with Crippen LogP contribution in [0.4, 0.5) is 0 Å². The minimum atomic E-state index is -0.860. The lowest BCUT2D eigenvalue weighted by Crippen LogP contribution is -1.99. The zero-order valence-corrected chi connectivity index (χ0v) is 6.82. The topological polar surface area (TPSA) is 57.5 Å². The number of carboxylic acid groups (broad SMARTS) is 1. The number of benzene rings is 1. The van der Waals surface area contributed by atoms with E-state index in [9.17, 15) is 4.79 Å². The molecule has 0 radical (unpaired) electrons. The Morgan fingerprint density at radius 2 is 1.92 bits per heavy atom. The van der Waals surface area contributed by atoms with Gasteiger partial charge >= 0.3 is 5.97 Å². The molecule has 13 heavy (non-hydrogen) atoms. The number of carboxylic acids is 1. The van der Waals surface area contributed by atoms with E-state index < -0.39 is 5.97 Å². The summed E-state index contributed by atoms with van der Waals surface area (Å²) in [6.07, 6.45) is 1.78. The van der Waals surface area contributed by atoms with Gasteiger partial charge in [0.15, 0.2) is 0 Å². The van der Waals surface area contributed by atoms with Crippen molar-refractivity contribution in [3.8, 4) is 12.0 Å². The van der Waals surface area contributed by atoms with Gasteiger partial charge in [0.25, 0.3) is 0 Å². The fourth-order valence-electron chi connectivity index (χ4n) is 0.945. The van der Waals surface area contributed by atoms with Gasteiger partial charge in [0.1, 0.15) is 6.11 Å². The van der Waals surface area contributed by atoms with Crippen LogP contribution in [0.2, 0.25) is 0 Å². The van der Waals surface area contributed by atoms with Crippen molar-refractivity contribution in [2.24, 2.45) is 0 Å². The Bertz CT molecular complexity index is 354. The summed E-state index contributed by atoms with van der Waals surface area (Å²) in [4.78, 5) is 10.3. The first-order valence-electron chi connectivity index (χ1n) is 3.68. The standard InChI is InChI=1S/C10H8O3/c11-6-5-8-1-3-9(4-2-8)7-10(12)13/h1-4,11H,7H2,(H,12,13). The van der Waals surface area contributed by atoms with Gasteiger partial charge in [0.05, 0.1) is 6.42 Å². The van der Waals surface area contributed by atoms with Crippen LogP contribution in [0.1, 0.15) is 11.1 Å². The summed E-state index contributed by atoms with van der Waals surface area (Å²) in [5.41, 5.74) is 1.38. The van der Waals surface area contributed by atoms with Crippen molar-refractivity contribution in [1.29, 1.82) is 0 Å². The number of rotatable bonds is 2. The number of aliphatic hydroxyl groups is 1. The molecule has 3 heteroatoms. The predicted octanol–water partition coefficient (Wildman–Crippen LogP) is 0.995. The average molecular weight is 176 g/mol. The van der Waals surface area contributed by atoms with Crippen molar-refractivity contribution in [3.05, 3.63) is 35.4 Å². The van der Waals surface area contributed by atoms with Gasteiger partial charge < -0.3 is 10.2 Å². The zero-order chi connectivity index (χ0) is 9.68. The van der Waals surface area contributed by atoms with E-state index in [0.29, 0.717) is 5.56 Å². The third kappa shape index (κ3) is 2.88. The maximum Gasteiger partial charge on any atom is 0.307 e. The predicted molar refractivity (Wildman–Crippen MR) is 46.6 cm³/mol. The van der Waals surface area contributed by atoms with E-state index in [1.165, 1.54) is 0 Å². The third-order valence-corrected chi connectivity index (χ3v) is 1.51. The Labute approximate surface area is 75.6 Å². The molecule has 3 nitrogen and oxygen atoms in total. The minimum Gasteiger partial charge on any atom is -0.481 e. The molecule has 0 saturated heterocycles. The lowest BCUT2D eigenvalue weighted by Gasteiger charge is -1.95. The summed E-state index contributed by atoms with van der Waals surface area (Å²) in [5.74, 6) is 1.59. The van der Waals surface area contributed by atoms with Crippen molar-refractivity contribution < 1.29 is 15.0 Å². The molecule has 0 aliphatic rings. The van der Waals surface area contributed by atoms with E-state index in [1.807, 2.05) is 0 Å².